The standard InChI is InChI=1S/C8H7ClN4/c1-6-4-2-3-5-7(6)13-8(9)10-11-12-13/h2-5H,1H3. The minimum Gasteiger partial charge on any atom is -0.183 e. The number of para-hydroxylation sites is 1. The summed E-state index contributed by atoms with van der Waals surface area (Å²) in [4.78, 5) is 0. The van der Waals surface area contributed by atoms with E-state index >= 15 is 0 Å². The first kappa shape index (κ1) is 8.19. The molecule has 0 fully saturated rings. The van der Waals surface area contributed by atoms with Crippen molar-refractivity contribution < 1.29 is 0 Å². The smallest absolute Gasteiger partial charge is 0.183 e. The first-order valence-corrected chi connectivity index (χ1v) is 4.17. The summed E-state index contributed by atoms with van der Waals surface area (Å²) in [5.74, 6) is 0. The molecule has 4 nitrogen and oxygen atoms in total. The zero-order valence-electron chi connectivity index (χ0n) is 6.98. The summed E-state index contributed by atoms with van der Waals surface area (Å²) in [5.41, 5.74) is 1.98. The number of hydrogen-bond donors (Lipinski definition) is 0. The second-order valence-electron chi connectivity index (χ2n) is 2.65. The zero-order valence-corrected chi connectivity index (χ0v) is 7.73. The van der Waals surface area contributed by atoms with Crippen molar-refractivity contribution >= 4 is 11.6 Å². The minimum atomic E-state index is 0.273. The van der Waals surface area contributed by atoms with Crippen LogP contribution < -0.4 is 0 Å². The average Bonchev–Trinajstić information content (AvgIpc) is 2.52. The van der Waals surface area contributed by atoms with Gasteiger partial charge in [0, 0.05) is 0 Å². The highest BCUT2D eigenvalue weighted by molar-refractivity contribution is 6.28. The maximum atomic E-state index is 5.77. The Balaban J connectivity index is 2.59. The number of aryl methyl sites for hydroxylation is 1. The Kier molecular flexibility index (Phi) is 1.98. The molecule has 0 bridgehead atoms. The van der Waals surface area contributed by atoms with Crippen LogP contribution in [0, 0.1) is 6.92 Å². The highest BCUT2D eigenvalue weighted by Gasteiger charge is 2.06. The van der Waals surface area contributed by atoms with E-state index in [0.29, 0.717) is 0 Å². The lowest BCUT2D eigenvalue weighted by Crippen LogP contribution is -1.98. The van der Waals surface area contributed by atoms with Gasteiger partial charge in [0.05, 0.1) is 5.69 Å². The summed E-state index contributed by atoms with van der Waals surface area (Å²) in [7, 11) is 0. The van der Waals surface area contributed by atoms with Crippen LogP contribution in [0.15, 0.2) is 24.3 Å². The van der Waals surface area contributed by atoms with Gasteiger partial charge in [-0.05, 0) is 40.6 Å². The Morgan fingerprint density at radius 3 is 2.69 bits per heavy atom. The molecule has 2 rings (SSSR count). The molecule has 1 aromatic heterocycles. The molecule has 13 heavy (non-hydrogen) atoms. The van der Waals surface area contributed by atoms with E-state index in [1.807, 2.05) is 31.2 Å². The Hall–Kier alpha value is -1.42. The molecule has 0 aliphatic rings. The lowest BCUT2D eigenvalue weighted by molar-refractivity contribution is 0.785. The van der Waals surface area contributed by atoms with Gasteiger partial charge in [-0.15, -0.1) is 0 Å². The van der Waals surface area contributed by atoms with Gasteiger partial charge in [0.15, 0.2) is 0 Å². The molecule has 2 aromatic rings. The van der Waals surface area contributed by atoms with Crippen molar-refractivity contribution in [2.24, 2.45) is 0 Å². The number of halogens is 1. The molecule has 0 saturated carbocycles. The SMILES string of the molecule is Cc1ccccc1-n1nnnc1Cl. The van der Waals surface area contributed by atoms with Crippen LogP contribution in [0.5, 0.6) is 0 Å². The molecule has 0 atom stereocenters. The second-order valence-corrected chi connectivity index (χ2v) is 2.98. The van der Waals surface area contributed by atoms with Crippen molar-refractivity contribution in [1.29, 1.82) is 0 Å². The second kappa shape index (κ2) is 3.14. The normalized spacial score (nSPS) is 10.3. The van der Waals surface area contributed by atoms with Crippen LogP contribution in [0.3, 0.4) is 0 Å². The van der Waals surface area contributed by atoms with Crippen molar-refractivity contribution in [3.63, 3.8) is 0 Å². The van der Waals surface area contributed by atoms with Gasteiger partial charge in [0.1, 0.15) is 0 Å². The summed E-state index contributed by atoms with van der Waals surface area (Å²) in [6.45, 7) is 1.98. The Labute approximate surface area is 80.1 Å². The fourth-order valence-electron chi connectivity index (χ4n) is 1.12. The molecule has 0 spiro atoms. The lowest BCUT2D eigenvalue weighted by Gasteiger charge is -2.03. The molecule has 66 valence electrons. The highest BCUT2D eigenvalue weighted by Crippen LogP contribution is 2.14. The highest BCUT2D eigenvalue weighted by atomic mass is 35.5. The van der Waals surface area contributed by atoms with E-state index in [9.17, 15) is 0 Å². The van der Waals surface area contributed by atoms with Crippen molar-refractivity contribution in [3.8, 4) is 5.69 Å². The van der Waals surface area contributed by atoms with Gasteiger partial charge in [-0.2, -0.15) is 4.68 Å². The first-order chi connectivity index (χ1) is 6.29. The predicted octanol–water partition coefficient (Wildman–Crippen LogP) is 1.62. The zero-order chi connectivity index (χ0) is 9.26. The Bertz CT molecular complexity index is 424. The number of benzene rings is 1. The first-order valence-electron chi connectivity index (χ1n) is 3.79. The fourth-order valence-corrected chi connectivity index (χ4v) is 1.28. The van der Waals surface area contributed by atoms with Gasteiger partial charge in [0.25, 0.3) is 0 Å². The van der Waals surface area contributed by atoms with Gasteiger partial charge in [-0.25, -0.2) is 0 Å². The Morgan fingerprint density at radius 1 is 1.31 bits per heavy atom. The van der Waals surface area contributed by atoms with E-state index in [0.717, 1.165) is 11.3 Å². The van der Waals surface area contributed by atoms with E-state index in [1.54, 1.807) is 0 Å². The maximum Gasteiger partial charge on any atom is 0.247 e. The van der Waals surface area contributed by atoms with Crippen LogP contribution >= 0.6 is 11.6 Å². The van der Waals surface area contributed by atoms with E-state index in [-0.39, 0.29) is 5.28 Å². The molecule has 0 unspecified atom stereocenters. The number of tetrazole rings is 1. The van der Waals surface area contributed by atoms with Crippen molar-refractivity contribution in [2.75, 3.05) is 0 Å². The van der Waals surface area contributed by atoms with Gasteiger partial charge < -0.3 is 0 Å². The average molecular weight is 195 g/mol. The van der Waals surface area contributed by atoms with Gasteiger partial charge >= 0.3 is 0 Å². The minimum absolute atomic E-state index is 0.273. The van der Waals surface area contributed by atoms with Gasteiger partial charge in [0.2, 0.25) is 5.28 Å². The summed E-state index contributed by atoms with van der Waals surface area (Å²) >= 11 is 5.77. The maximum absolute atomic E-state index is 5.77. The Morgan fingerprint density at radius 2 is 2.08 bits per heavy atom. The fraction of sp³-hybridized carbons (Fsp3) is 0.125. The molecule has 0 radical (unpaired) electrons. The molecule has 1 heterocycles. The van der Waals surface area contributed by atoms with Crippen LogP contribution in [0.4, 0.5) is 0 Å². The number of nitrogens with zero attached hydrogens (tertiary/aromatic N) is 4. The van der Waals surface area contributed by atoms with Gasteiger partial charge in [-0.1, -0.05) is 23.3 Å². The van der Waals surface area contributed by atoms with Crippen molar-refractivity contribution in [3.05, 3.63) is 35.1 Å². The number of aromatic nitrogens is 4. The van der Waals surface area contributed by atoms with Crippen molar-refractivity contribution in [2.45, 2.75) is 6.92 Å². The van der Waals surface area contributed by atoms with Crippen LogP contribution in [0.1, 0.15) is 5.56 Å². The summed E-state index contributed by atoms with van der Waals surface area (Å²) in [6, 6.07) is 7.77. The van der Waals surface area contributed by atoms with E-state index < -0.39 is 0 Å². The molecule has 0 amide bonds. The third-order valence-corrected chi connectivity index (χ3v) is 2.01. The van der Waals surface area contributed by atoms with E-state index in [2.05, 4.69) is 15.5 Å². The van der Waals surface area contributed by atoms with Crippen LogP contribution in [-0.4, -0.2) is 20.2 Å². The summed E-state index contributed by atoms with van der Waals surface area (Å²) in [5, 5.41) is 11.1. The third kappa shape index (κ3) is 1.40. The predicted molar refractivity (Wildman–Crippen MR) is 48.9 cm³/mol. The monoisotopic (exact) mass is 194 g/mol. The van der Waals surface area contributed by atoms with Crippen LogP contribution in [-0.2, 0) is 0 Å². The summed E-state index contributed by atoms with van der Waals surface area (Å²) in [6.07, 6.45) is 0. The van der Waals surface area contributed by atoms with Crippen LogP contribution in [0.2, 0.25) is 5.28 Å². The summed E-state index contributed by atoms with van der Waals surface area (Å²) < 4.78 is 1.50. The quantitative estimate of drug-likeness (QED) is 0.693. The molecule has 0 saturated heterocycles. The molecule has 0 N–H and O–H groups in total. The number of hydrogen-bond acceptors (Lipinski definition) is 3. The largest absolute Gasteiger partial charge is 0.247 e. The van der Waals surface area contributed by atoms with Gasteiger partial charge in [-0.3, -0.25) is 0 Å². The molecule has 0 aliphatic heterocycles. The molecule has 0 aliphatic carbocycles. The van der Waals surface area contributed by atoms with Crippen molar-refractivity contribution in [1.82, 2.24) is 20.2 Å². The third-order valence-electron chi connectivity index (χ3n) is 1.78. The van der Waals surface area contributed by atoms with E-state index in [1.165, 1.54) is 4.68 Å². The van der Waals surface area contributed by atoms with E-state index in [4.69, 9.17) is 11.6 Å². The number of rotatable bonds is 1. The molecule has 1 aromatic carbocycles. The molecular weight excluding hydrogens is 188 g/mol. The van der Waals surface area contributed by atoms with Crippen LogP contribution in [0.25, 0.3) is 5.69 Å². The topological polar surface area (TPSA) is 43.6 Å². The molecular formula is C8H7ClN4. The molecule has 5 heteroatoms. The lowest BCUT2D eigenvalue weighted by atomic mass is 10.2.